The second kappa shape index (κ2) is 6.33. The number of carbonyl (C=O) groups is 2. The van der Waals surface area contributed by atoms with E-state index in [1.165, 1.54) is 18.2 Å². The number of methoxy groups -OCH3 is 1. The van der Waals surface area contributed by atoms with Gasteiger partial charge in [-0.05, 0) is 36.6 Å². The predicted octanol–water partition coefficient (Wildman–Crippen LogP) is 0.876. The van der Waals surface area contributed by atoms with E-state index in [1.807, 2.05) is 12.1 Å². The number of amides is 1. The Morgan fingerprint density at radius 2 is 2.26 bits per heavy atom. The molecule has 1 aromatic carbocycles. The minimum atomic E-state index is -0.256. The molecule has 1 heterocycles. The van der Waals surface area contributed by atoms with E-state index < -0.39 is 0 Å². The molecule has 19 heavy (non-hydrogen) atoms. The van der Waals surface area contributed by atoms with Crippen molar-refractivity contribution in [3.63, 3.8) is 0 Å². The van der Waals surface area contributed by atoms with E-state index in [0.29, 0.717) is 6.42 Å². The number of nitrogens with one attached hydrogen (secondary N) is 2. The highest BCUT2D eigenvalue weighted by atomic mass is 16.5. The number of carbonyl (C=O) groups excluding carboxylic acids is 2. The van der Waals surface area contributed by atoms with E-state index in [1.54, 1.807) is 0 Å². The quantitative estimate of drug-likeness (QED) is 0.610. The van der Waals surface area contributed by atoms with Crippen LogP contribution in [0, 0.1) is 0 Å². The number of rotatable bonds is 5. The molecule has 0 saturated heterocycles. The van der Waals surface area contributed by atoms with Gasteiger partial charge in [0.15, 0.2) is 0 Å². The molecule has 0 atom stereocenters. The van der Waals surface area contributed by atoms with Crippen LogP contribution in [0.2, 0.25) is 0 Å². The summed E-state index contributed by atoms with van der Waals surface area (Å²) in [4.78, 5) is 22.2. The highest BCUT2D eigenvalue weighted by Crippen LogP contribution is 2.23. The van der Waals surface area contributed by atoms with Crippen LogP contribution >= 0.6 is 0 Å². The Morgan fingerprint density at radius 1 is 1.42 bits per heavy atom. The van der Waals surface area contributed by atoms with E-state index in [2.05, 4.69) is 21.4 Å². The highest BCUT2D eigenvalue weighted by Gasteiger charge is 2.14. The molecule has 1 aliphatic rings. The molecule has 102 valence electrons. The molecule has 1 aromatic rings. The smallest absolute Gasteiger partial charge is 0.319 e. The van der Waals surface area contributed by atoms with Gasteiger partial charge in [0.1, 0.15) is 0 Å². The minimum Gasteiger partial charge on any atom is -0.468 e. The summed E-state index contributed by atoms with van der Waals surface area (Å²) in [6.07, 6.45) is 2.19. The molecule has 0 spiro atoms. The fourth-order valence-electron chi connectivity index (χ4n) is 2.09. The second-order valence-corrected chi connectivity index (χ2v) is 4.54. The standard InChI is InChI=1S/C14H18N2O3/c1-19-14(18)9-15-7-6-10-2-4-12-11(8-10)3-5-13(17)16-12/h2,4,8,15H,3,5-7,9H2,1H3,(H,16,17). The van der Waals surface area contributed by atoms with Gasteiger partial charge in [0, 0.05) is 12.1 Å². The second-order valence-electron chi connectivity index (χ2n) is 4.54. The first-order valence-corrected chi connectivity index (χ1v) is 6.38. The van der Waals surface area contributed by atoms with E-state index >= 15 is 0 Å². The Balaban J connectivity index is 1.85. The zero-order chi connectivity index (χ0) is 13.7. The van der Waals surface area contributed by atoms with Crippen LogP contribution in [0.5, 0.6) is 0 Å². The van der Waals surface area contributed by atoms with Gasteiger partial charge in [-0.3, -0.25) is 9.59 Å². The Morgan fingerprint density at radius 3 is 3.05 bits per heavy atom. The van der Waals surface area contributed by atoms with Crippen molar-refractivity contribution in [2.45, 2.75) is 19.3 Å². The summed E-state index contributed by atoms with van der Waals surface area (Å²) in [6, 6.07) is 6.07. The summed E-state index contributed by atoms with van der Waals surface area (Å²) >= 11 is 0. The SMILES string of the molecule is COC(=O)CNCCc1ccc2c(c1)CCC(=O)N2. The number of aryl methyl sites for hydroxylation is 1. The van der Waals surface area contributed by atoms with Gasteiger partial charge in [-0.2, -0.15) is 0 Å². The van der Waals surface area contributed by atoms with E-state index in [4.69, 9.17) is 0 Å². The maximum absolute atomic E-state index is 11.2. The van der Waals surface area contributed by atoms with Gasteiger partial charge in [-0.15, -0.1) is 0 Å². The largest absolute Gasteiger partial charge is 0.468 e. The lowest BCUT2D eigenvalue weighted by Crippen LogP contribution is -2.26. The number of benzene rings is 1. The van der Waals surface area contributed by atoms with Crippen LogP contribution in [0.3, 0.4) is 0 Å². The molecule has 2 N–H and O–H groups in total. The molecule has 0 aromatic heterocycles. The lowest BCUT2D eigenvalue weighted by Gasteiger charge is -2.17. The van der Waals surface area contributed by atoms with Crippen molar-refractivity contribution >= 4 is 17.6 Å². The third-order valence-electron chi connectivity index (χ3n) is 3.15. The van der Waals surface area contributed by atoms with Crippen LogP contribution in [0.15, 0.2) is 18.2 Å². The van der Waals surface area contributed by atoms with E-state index in [0.717, 1.165) is 25.1 Å². The van der Waals surface area contributed by atoms with Crippen molar-refractivity contribution in [3.8, 4) is 0 Å². The third-order valence-corrected chi connectivity index (χ3v) is 3.15. The lowest BCUT2D eigenvalue weighted by atomic mass is 9.99. The van der Waals surface area contributed by atoms with Crippen LogP contribution in [0.25, 0.3) is 0 Å². The fourth-order valence-corrected chi connectivity index (χ4v) is 2.09. The summed E-state index contributed by atoms with van der Waals surface area (Å²) in [5.41, 5.74) is 3.31. The first kappa shape index (κ1) is 13.5. The summed E-state index contributed by atoms with van der Waals surface area (Å²) in [5, 5.41) is 5.89. The normalized spacial score (nSPS) is 13.6. The molecule has 0 bridgehead atoms. The van der Waals surface area contributed by atoms with Crippen LogP contribution in [-0.2, 0) is 27.2 Å². The molecule has 0 fully saturated rings. The number of anilines is 1. The highest BCUT2D eigenvalue weighted by molar-refractivity contribution is 5.93. The van der Waals surface area contributed by atoms with Crippen LogP contribution in [-0.4, -0.2) is 32.1 Å². The van der Waals surface area contributed by atoms with Gasteiger partial charge in [0.2, 0.25) is 5.91 Å². The monoisotopic (exact) mass is 262 g/mol. The Kier molecular flexibility index (Phi) is 4.52. The van der Waals surface area contributed by atoms with Gasteiger partial charge in [0.25, 0.3) is 0 Å². The van der Waals surface area contributed by atoms with E-state index in [-0.39, 0.29) is 18.4 Å². The molecular weight excluding hydrogens is 244 g/mol. The van der Waals surface area contributed by atoms with Crippen molar-refractivity contribution in [1.82, 2.24) is 5.32 Å². The molecule has 5 nitrogen and oxygen atoms in total. The van der Waals surface area contributed by atoms with E-state index in [9.17, 15) is 9.59 Å². The fraction of sp³-hybridized carbons (Fsp3) is 0.429. The molecule has 0 radical (unpaired) electrons. The number of ether oxygens (including phenoxy) is 1. The molecule has 1 aliphatic heterocycles. The summed E-state index contributed by atoms with van der Waals surface area (Å²) < 4.78 is 4.55. The first-order valence-electron chi connectivity index (χ1n) is 6.38. The van der Waals surface area contributed by atoms with Crippen molar-refractivity contribution in [3.05, 3.63) is 29.3 Å². The number of hydrogen-bond acceptors (Lipinski definition) is 4. The minimum absolute atomic E-state index is 0.0833. The van der Waals surface area contributed by atoms with Crippen LogP contribution in [0.4, 0.5) is 5.69 Å². The average molecular weight is 262 g/mol. The third kappa shape index (κ3) is 3.79. The van der Waals surface area contributed by atoms with Gasteiger partial charge in [-0.25, -0.2) is 0 Å². The number of esters is 1. The van der Waals surface area contributed by atoms with Gasteiger partial charge >= 0.3 is 5.97 Å². The maximum Gasteiger partial charge on any atom is 0.319 e. The Bertz CT molecular complexity index is 486. The van der Waals surface area contributed by atoms with Gasteiger partial charge < -0.3 is 15.4 Å². The zero-order valence-corrected chi connectivity index (χ0v) is 11.0. The molecule has 0 aliphatic carbocycles. The molecule has 5 heteroatoms. The molecule has 0 saturated carbocycles. The number of fused-ring (bicyclic) bond motifs is 1. The van der Waals surface area contributed by atoms with Crippen molar-refractivity contribution in [2.24, 2.45) is 0 Å². The predicted molar refractivity (Wildman–Crippen MR) is 72.0 cm³/mol. The Labute approximate surface area is 112 Å². The molecular formula is C14H18N2O3. The van der Waals surface area contributed by atoms with Crippen molar-refractivity contribution in [1.29, 1.82) is 0 Å². The maximum atomic E-state index is 11.2. The summed E-state index contributed by atoms with van der Waals surface area (Å²) in [6.45, 7) is 0.956. The van der Waals surface area contributed by atoms with Crippen LogP contribution < -0.4 is 10.6 Å². The lowest BCUT2D eigenvalue weighted by molar-refractivity contribution is -0.139. The first-order chi connectivity index (χ1) is 9.19. The van der Waals surface area contributed by atoms with Crippen molar-refractivity contribution in [2.75, 3.05) is 25.5 Å². The van der Waals surface area contributed by atoms with Crippen LogP contribution in [0.1, 0.15) is 17.5 Å². The molecule has 2 rings (SSSR count). The summed E-state index contributed by atoms with van der Waals surface area (Å²) in [5.74, 6) is -0.173. The van der Waals surface area contributed by atoms with Crippen molar-refractivity contribution < 1.29 is 14.3 Å². The molecule has 1 amide bonds. The zero-order valence-electron chi connectivity index (χ0n) is 11.0. The number of hydrogen-bond donors (Lipinski definition) is 2. The Hall–Kier alpha value is -1.88. The topological polar surface area (TPSA) is 67.4 Å². The van der Waals surface area contributed by atoms with Gasteiger partial charge in [-0.1, -0.05) is 12.1 Å². The van der Waals surface area contributed by atoms with Gasteiger partial charge in [0.05, 0.1) is 13.7 Å². The average Bonchev–Trinajstić information content (AvgIpc) is 2.43. The summed E-state index contributed by atoms with van der Waals surface area (Å²) in [7, 11) is 1.38. The molecule has 0 unspecified atom stereocenters.